The summed E-state index contributed by atoms with van der Waals surface area (Å²) < 4.78 is 9.35. The molecule has 5 nitrogen and oxygen atoms in total. The summed E-state index contributed by atoms with van der Waals surface area (Å²) >= 11 is 3.42. The molecule has 3 aromatic rings. The molecule has 1 aromatic carbocycles. The average molecular weight is 350 g/mol. The summed E-state index contributed by atoms with van der Waals surface area (Å²) in [7, 11) is 5.47. The number of rotatable bonds is 3. The molecule has 0 bridgehead atoms. The van der Waals surface area contributed by atoms with E-state index in [1.807, 2.05) is 31.3 Å². The van der Waals surface area contributed by atoms with E-state index in [1.54, 1.807) is 29.5 Å². The maximum Gasteiger partial charge on any atom is 0.328 e. The number of furan rings is 1. The van der Waals surface area contributed by atoms with Gasteiger partial charge in [-0.05, 0) is 46.7 Å². The Labute approximate surface area is 130 Å². The van der Waals surface area contributed by atoms with E-state index in [1.165, 1.54) is 0 Å². The van der Waals surface area contributed by atoms with E-state index >= 15 is 0 Å². The third kappa shape index (κ3) is 2.15. The van der Waals surface area contributed by atoms with Crippen LogP contribution in [0.4, 0.5) is 0 Å². The third-order valence-corrected chi connectivity index (χ3v) is 4.52. The van der Waals surface area contributed by atoms with Crippen LogP contribution in [0, 0.1) is 0 Å². The summed E-state index contributed by atoms with van der Waals surface area (Å²) in [5.74, 6) is 0. The van der Waals surface area contributed by atoms with Crippen molar-refractivity contribution in [2.45, 2.75) is 6.04 Å². The summed E-state index contributed by atoms with van der Waals surface area (Å²) in [5, 5.41) is 3.28. The van der Waals surface area contributed by atoms with Crippen LogP contribution in [0.5, 0.6) is 0 Å². The molecule has 0 aliphatic heterocycles. The van der Waals surface area contributed by atoms with Gasteiger partial charge in [0.25, 0.3) is 0 Å². The van der Waals surface area contributed by atoms with Crippen molar-refractivity contribution in [3.8, 4) is 0 Å². The van der Waals surface area contributed by atoms with Crippen LogP contribution in [-0.2, 0) is 14.1 Å². The molecule has 0 radical (unpaired) electrons. The second kappa shape index (κ2) is 5.20. The quantitative estimate of drug-likeness (QED) is 0.790. The van der Waals surface area contributed by atoms with Crippen LogP contribution >= 0.6 is 15.9 Å². The maximum atomic E-state index is 12.0. The molecule has 6 heteroatoms. The largest absolute Gasteiger partial charge is 0.457 e. The SMILES string of the molecule is CNC(c1ccc2c(c1)n(C)c(=O)n2C)c1ccoc1Br. The fourth-order valence-electron chi connectivity index (χ4n) is 2.72. The van der Waals surface area contributed by atoms with Crippen molar-refractivity contribution in [3.05, 3.63) is 56.8 Å². The van der Waals surface area contributed by atoms with Gasteiger partial charge in [-0.2, -0.15) is 0 Å². The molecular formula is C15H16BrN3O2. The van der Waals surface area contributed by atoms with Crippen molar-refractivity contribution >= 4 is 27.0 Å². The molecule has 110 valence electrons. The Morgan fingerprint density at radius 1 is 1.19 bits per heavy atom. The fourth-order valence-corrected chi connectivity index (χ4v) is 3.18. The van der Waals surface area contributed by atoms with Gasteiger partial charge in [-0.1, -0.05) is 6.07 Å². The molecule has 2 heterocycles. The van der Waals surface area contributed by atoms with Crippen molar-refractivity contribution in [2.24, 2.45) is 14.1 Å². The van der Waals surface area contributed by atoms with Gasteiger partial charge in [0.1, 0.15) is 0 Å². The molecule has 0 saturated heterocycles. The Morgan fingerprint density at radius 3 is 2.52 bits per heavy atom. The van der Waals surface area contributed by atoms with Gasteiger partial charge in [0.2, 0.25) is 0 Å². The van der Waals surface area contributed by atoms with Crippen LogP contribution in [-0.4, -0.2) is 16.2 Å². The summed E-state index contributed by atoms with van der Waals surface area (Å²) in [5.41, 5.74) is 3.92. The molecule has 1 N–H and O–H groups in total. The van der Waals surface area contributed by atoms with Crippen molar-refractivity contribution in [1.29, 1.82) is 0 Å². The summed E-state index contributed by atoms with van der Waals surface area (Å²) in [6.07, 6.45) is 1.65. The first-order valence-electron chi connectivity index (χ1n) is 6.60. The lowest BCUT2D eigenvalue weighted by atomic mass is 10.0. The van der Waals surface area contributed by atoms with Gasteiger partial charge in [0.05, 0.1) is 23.3 Å². The first kappa shape index (κ1) is 14.2. The molecular weight excluding hydrogens is 334 g/mol. The van der Waals surface area contributed by atoms with Gasteiger partial charge < -0.3 is 9.73 Å². The highest BCUT2D eigenvalue weighted by atomic mass is 79.9. The summed E-state index contributed by atoms with van der Waals surface area (Å²) in [4.78, 5) is 12.0. The van der Waals surface area contributed by atoms with Crippen molar-refractivity contribution in [3.63, 3.8) is 0 Å². The second-order valence-electron chi connectivity index (χ2n) is 5.02. The zero-order valence-electron chi connectivity index (χ0n) is 12.1. The van der Waals surface area contributed by atoms with E-state index in [0.717, 1.165) is 22.2 Å². The number of hydrogen-bond acceptors (Lipinski definition) is 3. The molecule has 0 fully saturated rings. The Bertz CT molecular complexity index is 860. The van der Waals surface area contributed by atoms with Crippen molar-refractivity contribution in [2.75, 3.05) is 7.05 Å². The number of nitrogens with zero attached hydrogens (tertiary/aromatic N) is 2. The van der Waals surface area contributed by atoms with Gasteiger partial charge in [0.15, 0.2) is 4.67 Å². The smallest absolute Gasteiger partial charge is 0.328 e. The predicted molar refractivity (Wildman–Crippen MR) is 85.5 cm³/mol. The van der Waals surface area contributed by atoms with Gasteiger partial charge in [0, 0.05) is 19.7 Å². The molecule has 1 atom stereocenters. The minimum atomic E-state index is -0.0207. The van der Waals surface area contributed by atoms with Crippen LogP contribution in [0.3, 0.4) is 0 Å². The molecule has 3 rings (SSSR count). The van der Waals surface area contributed by atoms with Crippen molar-refractivity contribution in [1.82, 2.24) is 14.5 Å². The summed E-state index contributed by atoms with van der Waals surface area (Å²) in [6, 6.07) is 7.97. The van der Waals surface area contributed by atoms with Crippen LogP contribution in [0.25, 0.3) is 11.0 Å². The number of nitrogens with one attached hydrogen (secondary N) is 1. The number of aryl methyl sites for hydroxylation is 2. The number of imidazole rings is 1. The highest BCUT2D eigenvalue weighted by Crippen LogP contribution is 2.30. The number of fused-ring (bicyclic) bond motifs is 1. The molecule has 21 heavy (non-hydrogen) atoms. The van der Waals surface area contributed by atoms with Crippen LogP contribution in [0.15, 0.2) is 44.4 Å². The van der Waals surface area contributed by atoms with E-state index in [9.17, 15) is 4.79 Å². The number of halogens is 1. The lowest BCUT2D eigenvalue weighted by Gasteiger charge is -2.16. The zero-order valence-corrected chi connectivity index (χ0v) is 13.6. The topological polar surface area (TPSA) is 52.1 Å². The molecule has 1 unspecified atom stereocenters. The lowest BCUT2D eigenvalue weighted by Crippen LogP contribution is -2.19. The highest BCUT2D eigenvalue weighted by molar-refractivity contribution is 9.10. The monoisotopic (exact) mass is 349 g/mol. The Kier molecular flexibility index (Phi) is 3.51. The number of hydrogen-bond donors (Lipinski definition) is 1. The zero-order chi connectivity index (χ0) is 15.1. The third-order valence-electron chi connectivity index (χ3n) is 3.88. The fraction of sp³-hybridized carbons (Fsp3) is 0.267. The predicted octanol–water partition coefficient (Wildman–Crippen LogP) is 2.54. The second-order valence-corrected chi connectivity index (χ2v) is 5.74. The molecule has 0 saturated carbocycles. The minimum Gasteiger partial charge on any atom is -0.457 e. The van der Waals surface area contributed by atoms with E-state index in [4.69, 9.17) is 4.42 Å². The van der Waals surface area contributed by atoms with E-state index in [-0.39, 0.29) is 11.7 Å². The Morgan fingerprint density at radius 2 is 1.90 bits per heavy atom. The average Bonchev–Trinajstić information content (AvgIpc) is 2.99. The van der Waals surface area contributed by atoms with Gasteiger partial charge in [-0.3, -0.25) is 9.13 Å². The van der Waals surface area contributed by atoms with Gasteiger partial charge >= 0.3 is 5.69 Å². The summed E-state index contributed by atoms with van der Waals surface area (Å²) in [6.45, 7) is 0. The van der Waals surface area contributed by atoms with E-state index in [0.29, 0.717) is 4.67 Å². The van der Waals surface area contributed by atoms with Crippen LogP contribution < -0.4 is 11.0 Å². The van der Waals surface area contributed by atoms with Crippen LogP contribution in [0.2, 0.25) is 0 Å². The van der Waals surface area contributed by atoms with E-state index in [2.05, 4.69) is 21.2 Å². The normalized spacial score (nSPS) is 13.0. The first-order chi connectivity index (χ1) is 10.0. The van der Waals surface area contributed by atoms with Gasteiger partial charge in [-0.25, -0.2) is 4.79 Å². The Hall–Kier alpha value is -1.79. The highest BCUT2D eigenvalue weighted by Gasteiger charge is 2.18. The molecule has 2 aromatic heterocycles. The maximum absolute atomic E-state index is 12.0. The van der Waals surface area contributed by atoms with Gasteiger partial charge in [-0.15, -0.1) is 0 Å². The number of aromatic nitrogens is 2. The van der Waals surface area contributed by atoms with Crippen LogP contribution in [0.1, 0.15) is 17.2 Å². The van der Waals surface area contributed by atoms with E-state index < -0.39 is 0 Å². The Balaban J connectivity index is 2.18. The number of benzene rings is 1. The molecule has 0 aliphatic rings. The molecule has 0 spiro atoms. The molecule has 0 amide bonds. The molecule has 0 aliphatic carbocycles. The van der Waals surface area contributed by atoms with Crippen molar-refractivity contribution < 1.29 is 4.42 Å². The standard InChI is InChI=1S/C15H16BrN3O2/c1-17-13(10-6-7-21-14(10)16)9-4-5-11-12(8-9)19(3)15(20)18(11)2/h4-8,13,17H,1-3H3. The first-order valence-corrected chi connectivity index (χ1v) is 7.39. The minimum absolute atomic E-state index is 0.00201. The lowest BCUT2D eigenvalue weighted by molar-refractivity contribution is 0.530.